The van der Waals surface area contributed by atoms with Crippen LogP contribution >= 0.6 is 0 Å². The lowest BCUT2D eigenvalue weighted by atomic mass is 9.89. The molecule has 0 unspecified atom stereocenters. The van der Waals surface area contributed by atoms with Gasteiger partial charge in [0.15, 0.2) is 0 Å². The minimum Gasteiger partial charge on any atom is -0.301 e. The fourth-order valence-electron chi connectivity index (χ4n) is 2.97. The fourth-order valence-corrected chi connectivity index (χ4v) is 2.97. The Morgan fingerprint density at radius 1 is 1.15 bits per heavy atom. The molecule has 1 saturated heterocycles. The predicted octanol–water partition coefficient (Wildman–Crippen LogP) is 4.68. The minimum atomic E-state index is -2.68. The maximum Gasteiger partial charge on any atom is 0.273 e. The fraction of sp³-hybridized carbons (Fsp3) is 0.647. The second-order valence-electron chi connectivity index (χ2n) is 6.18. The predicted molar refractivity (Wildman–Crippen MR) is 79.0 cm³/mol. The Morgan fingerprint density at radius 2 is 1.75 bits per heavy atom. The summed E-state index contributed by atoms with van der Waals surface area (Å²) < 4.78 is 28.2. The first-order valence-corrected chi connectivity index (χ1v) is 7.66. The third-order valence-electron chi connectivity index (χ3n) is 4.44. The Hall–Kier alpha value is -0.960. The number of hydrogen-bond acceptors (Lipinski definition) is 1. The average molecular weight is 281 g/mol. The Labute approximate surface area is 121 Å². The smallest absolute Gasteiger partial charge is 0.273 e. The topological polar surface area (TPSA) is 3.24 Å². The van der Waals surface area contributed by atoms with Crippen molar-refractivity contribution in [1.29, 1.82) is 0 Å². The second-order valence-corrected chi connectivity index (χ2v) is 6.18. The van der Waals surface area contributed by atoms with E-state index in [1.165, 1.54) is 12.1 Å². The Bertz CT molecular complexity index is 395. The number of benzene rings is 1. The molecule has 0 N–H and O–H groups in total. The number of hydrogen-bond donors (Lipinski definition) is 0. The Balaban J connectivity index is 1.81. The molecule has 0 amide bonds. The lowest BCUT2D eigenvalue weighted by Gasteiger charge is -2.35. The van der Waals surface area contributed by atoms with Crippen molar-refractivity contribution in [2.45, 2.75) is 51.5 Å². The molecule has 112 valence electrons. The van der Waals surface area contributed by atoms with E-state index in [4.69, 9.17) is 0 Å². The molecule has 1 aliphatic heterocycles. The number of piperidine rings is 1. The first kappa shape index (κ1) is 15.4. The molecule has 0 radical (unpaired) electrons. The molecule has 0 atom stereocenters. The van der Waals surface area contributed by atoms with Crippen molar-refractivity contribution in [3.63, 3.8) is 0 Å². The van der Waals surface area contributed by atoms with Gasteiger partial charge in [-0.3, -0.25) is 0 Å². The standard InChI is InChI=1S/C17H25F2N/c1-14(2)20-12-9-15(10-13-20)8-11-17(18,19)16-6-4-3-5-7-16/h3-7,14-15H,8-13H2,1-2H3. The molecule has 1 aromatic rings. The molecule has 1 fully saturated rings. The summed E-state index contributed by atoms with van der Waals surface area (Å²) in [7, 11) is 0. The van der Waals surface area contributed by atoms with Crippen LogP contribution in [-0.4, -0.2) is 24.0 Å². The van der Waals surface area contributed by atoms with E-state index < -0.39 is 5.92 Å². The van der Waals surface area contributed by atoms with Gasteiger partial charge in [-0.1, -0.05) is 30.3 Å². The number of likely N-dealkylation sites (tertiary alicyclic amines) is 1. The number of alkyl halides is 2. The van der Waals surface area contributed by atoms with Gasteiger partial charge in [-0.05, 0) is 52.1 Å². The summed E-state index contributed by atoms with van der Waals surface area (Å²) in [6.45, 7) is 6.51. The van der Waals surface area contributed by atoms with Crippen molar-refractivity contribution in [2.75, 3.05) is 13.1 Å². The summed E-state index contributed by atoms with van der Waals surface area (Å²) in [4.78, 5) is 2.44. The zero-order valence-electron chi connectivity index (χ0n) is 12.5. The van der Waals surface area contributed by atoms with Gasteiger partial charge in [0, 0.05) is 18.0 Å². The van der Waals surface area contributed by atoms with Crippen LogP contribution in [-0.2, 0) is 5.92 Å². The summed E-state index contributed by atoms with van der Waals surface area (Å²) in [6, 6.07) is 8.78. The van der Waals surface area contributed by atoms with Gasteiger partial charge < -0.3 is 4.90 Å². The number of nitrogens with zero attached hydrogens (tertiary/aromatic N) is 1. The van der Waals surface area contributed by atoms with Crippen LogP contribution in [0.15, 0.2) is 30.3 Å². The lowest BCUT2D eigenvalue weighted by Crippen LogP contribution is -2.38. The number of halogens is 2. The highest BCUT2D eigenvalue weighted by atomic mass is 19.3. The van der Waals surface area contributed by atoms with Gasteiger partial charge in [0.25, 0.3) is 5.92 Å². The third kappa shape index (κ3) is 4.02. The molecule has 0 bridgehead atoms. The van der Waals surface area contributed by atoms with Gasteiger partial charge in [-0.15, -0.1) is 0 Å². The van der Waals surface area contributed by atoms with Gasteiger partial charge in [0.2, 0.25) is 0 Å². The van der Waals surface area contributed by atoms with Crippen LogP contribution < -0.4 is 0 Å². The van der Waals surface area contributed by atoms with Gasteiger partial charge in [0.05, 0.1) is 0 Å². The number of rotatable bonds is 5. The molecule has 1 nitrogen and oxygen atoms in total. The molecular formula is C17H25F2N. The van der Waals surface area contributed by atoms with E-state index in [9.17, 15) is 8.78 Å². The van der Waals surface area contributed by atoms with E-state index in [0.717, 1.165) is 25.9 Å². The van der Waals surface area contributed by atoms with Crippen LogP contribution in [0.4, 0.5) is 8.78 Å². The monoisotopic (exact) mass is 281 g/mol. The molecule has 0 saturated carbocycles. The van der Waals surface area contributed by atoms with Crippen LogP contribution in [0.2, 0.25) is 0 Å². The van der Waals surface area contributed by atoms with Crippen LogP contribution in [0.5, 0.6) is 0 Å². The largest absolute Gasteiger partial charge is 0.301 e. The maximum atomic E-state index is 14.1. The molecule has 3 heteroatoms. The van der Waals surface area contributed by atoms with Crippen molar-refractivity contribution >= 4 is 0 Å². The highest BCUT2D eigenvalue weighted by Gasteiger charge is 2.32. The summed E-state index contributed by atoms with van der Waals surface area (Å²) in [6.07, 6.45) is 2.73. The molecule has 1 heterocycles. The van der Waals surface area contributed by atoms with E-state index in [1.807, 2.05) is 0 Å². The third-order valence-corrected chi connectivity index (χ3v) is 4.44. The van der Waals surface area contributed by atoms with E-state index >= 15 is 0 Å². The first-order valence-electron chi connectivity index (χ1n) is 7.66. The van der Waals surface area contributed by atoms with Crippen LogP contribution in [0.1, 0.15) is 45.1 Å². The van der Waals surface area contributed by atoms with Gasteiger partial charge in [-0.2, -0.15) is 0 Å². The highest BCUT2D eigenvalue weighted by molar-refractivity contribution is 5.19. The Morgan fingerprint density at radius 3 is 2.30 bits per heavy atom. The second kappa shape index (κ2) is 6.66. The molecule has 0 aliphatic carbocycles. The normalized spacial score (nSPS) is 18.6. The molecular weight excluding hydrogens is 256 g/mol. The average Bonchev–Trinajstić information content (AvgIpc) is 2.46. The Kier molecular flexibility index (Phi) is 5.14. The first-order chi connectivity index (χ1) is 9.49. The van der Waals surface area contributed by atoms with Crippen molar-refractivity contribution in [1.82, 2.24) is 4.90 Å². The van der Waals surface area contributed by atoms with Gasteiger partial charge in [-0.25, -0.2) is 8.78 Å². The van der Waals surface area contributed by atoms with Crippen LogP contribution in [0, 0.1) is 5.92 Å². The van der Waals surface area contributed by atoms with E-state index in [0.29, 0.717) is 18.4 Å². The lowest BCUT2D eigenvalue weighted by molar-refractivity contribution is -0.0220. The van der Waals surface area contributed by atoms with Gasteiger partial charge >= 0.3 is 0 Å². The summed E-state index contributed by atoms with van der Waals surface area (Å²) in [5.74, 6) is -2.23. The molecule has 0 spiro atoms. The van der Waals surface area contributed by atoms with Crippen molar-refractivity contribution < 1.29 is 8.78 Å². The van der Waals surface area contributed by atoms with E-state index in [2.05, 4.69) is 18.7 Å². The summed E-state index contributed by atoms with van der Waals surface area (Å²) in [5, 5.41) is 0. The van der Waals surface area contributed by atoms with Crippen LogP contribution in [0.3, 0.4) is 0 Å². The molecule has 2 rings (SSSR count). The highest BCUT2D eigenvalue weighted by Crippen LogP contribution is 2.35. The van der Waals surface area contributed by atoms with Crippen molar-refractivity contribution in [3.05, 3.63) is 35.9 Å². The van der Waals surface area contributed by atoms with E-state index in [-0.39, 0.29) is 12.0 Å². The van der Waals surface area contributed by atoms with Crippen molar-refractivity contribution in [3.8, 4) is 0 Å². The zero-order valence-corrected chi connectivity index (χ0v) is 12.5. The molecule has 0 aromatic heterocycles. The summed E-state index contributed by atoms with van der Waals surface area (Å²) >= 11 is 0. The molecule has 20 heavy (non-hydrogen) atoms. The molecule has 1 aliphatic rings. The van der Waals surface area contributed by atoms with Gasteiger partial charge in [0.1, 0.15) is 0 Å². The zero-order chi connectivity index (χ0) is 14.6. The van der Waals surface area contributed by atoms with Crippen LogP contribution in [0.25, 0.3) is 0 Å². The molecule has 1 aromatic carbocycles. The van der Waals surface area contributed by atoms with E-state index in [1.54, 1.807) is 18.2 Å². The summed E-state index contributed by atoms with van der Waals surface area (Å²) in [5.41, 5.74) is 0.152. The minimum absolute atomic E-state index is 0.0244. The maximum absolute atomic E-state index is 14.1. The SMILES string of the molecule is CC(C)N1CCC(CCC(F)(F)c2ccccc2)CC1. The quantitative estimate of drug-likeness (QED) is 0.757. The van der Waals surface area contributed by atoms with Crippen molar-refractivity contribution in [2.24, 2.45) is 5.92 Å².